The molecule has 0 atom stereocenters. The van der Waals surface area contributed by atoms with Gasteiger partial charge in [0.05, 0.1) is 12.8 Å². The van der Waals surface area contributed by atoms with E-state index in [1.165, 1.54) is 0 Å². The molecule has 116 valence electrons. The Morgan fingerprint density at radius 2 is 1.48 bits per heavy atom. The van der Waals surface area contributed by atoms with Gasteiger partial charge in [-0.25, -0.2) is 0 Å². The number of amides is 1. The number of nitrogens with one attached hydrogen (secondary N) is 1. The predicted octanol–water partition coefficient (Wildman–Crippen LogP) is 2.83. The molecule has 2 aromatic carbocycles. The van der Waals surface area contributed by atoms with E-state index in [0.717, 1.165) is 0 Å². The van der Waals surface area contributed by atoms with Crippen molar-refractivity contribution in [3.8, 4) is 0 Å². The van der Waals surface area contributed by atoms with Crippen molar-refractivity contribution < 1.29 is 14.3 Å². The summed E-state index contributed by atoms with van der Waals surface area (Å²) in [6.07, 6.45) is 1.54. The molecule has 0 spiro atoms. The summed E-state index contributed by atoms with van der Waals surface area (Å²) in [5, 5.41) is 13.9. The third kappa shape index (κ3) is 3.03. The first-order valence-electron chi connectivity index (χ1n) is 7.35. The van der Waals surface area contributed by atoms with Crippen LogP contribution in [0.5, 0.6) is 0 Å². The van der Waals surface area contributed by atoms with Crippen LogP contribution in [0.25, 0.3) is 0 Å². The van der Waals surface area contributed by atoms with Crippen molar-refractivity contribution in [2.24, 2.45) is 0 Å². The van der Waals surface area contributed by atoms with Gasteiger partial charge in [-0.1, -0.05) is 60.7 Å². The van der Waals surface area contributed by atoms with E-state index in [0.29, 0.717) is 16.9 Å². The van der Waals surface area contributed by atoms with Gasteiger partial charge in [-0.2, -0.15) is 0 Å². The van der Waals surface area contributed by atoms with E-state index in [4.69, 9.17) is 4.42 Å². The highest BCUT2D eigenvalue weighted by atomic mass is 16.3. The number of carbonyl (C=O) groups excluding carboxylic acids is 1. The van der Waals surface area contributed by atoms with Crippen molar-refractivity contribution in [1.82, 2.24) is 5.32 Å². The minimum absolute atomic E-state index is 0.216. The van der Waals surface area contributed by atoms with E-state index in [-0.39, 0.29) is 6.54 Å². The Bertz CT molecular complexity index is 712. The molecule has 0 fully saturated rings. The minimum atomic E-state index is -1.75. The molecule has 1 heterocycles. The molecule has 3 aromatic rings. The van der Waals surface area contributed by atoms with Gasteiger partial charge in [0.2, 0.25) is 0 Å². The fourth-order valence-electron chi connectivity index (χ4n) is 2.50. The largest absolute Gasteiger partial charge is 0.467 e. The fourth-order valence-corrected chi connectivity index (χ4v) is 2.50. The average molecular weight is 307 g/mol. The predicted molar refractivity (Wildman–Crippen MR) is 86.4 cm³/mol. The fraction of sp³-hybridized carbons (Fsp3) is 0.105. The van der Waals surface area contributed by atoms with Crippen LogP contribution in [0.15, 0.2) is 83.5 Å². The zero-order chi connectivity index (χ0) is 16.1. The first-order chi connectivity index (χ1) is 11.2. The van der Waals surface area contributed by atoms with Gasteiger partial charge in [0.15, 0.2) is 5.60 Å². The third-order valence-corrected chi connectivity index (χ3v) is 3.72. The lowest BCUT2D eigenvalue weighted by atomic mass is 9.85. The lowest BCUT2D eigenvalue weighted by Gasteiger charge is -2.28. The highest BCUT2D eigenvalue weighted by Crippen LogP contribution is 2.29. The Labute approximate surface area is 134 Å². The SMILES string of the molecule is O=C(NCc1ccco1)C(O)(c1ccccc1)c1ccccc1. The quantitative estimate of drug-likeness (QED) is 0.762. The smallest absolute Gasteiger partial charge is 0.261 e. The summed E-state index contributed by atoms with van der Waals surface area (Å²) in [5.41, 5.74) is -0.721. The van der Waals surface area contributed by atoms with Crippen molar-refractivity contribution in [3.63, 3.8) is 0 Å². The van der Waals surface area contributed by atoms with Crippen LogP contribution in [0, 0.1) is 0 Å². The van der Waals surface area contributed by atoms with Crippen LogP contribution in [0.1, 0.15) is 16.9 Å². The van der Waals surface area contributed by atoms with E-state index in [2.05, 4.69) is 5.32 Å². The van der Waals surface area contributed by atoms with Gasteiger partial charge in [0, 0.05) is 0 Å². The van der Waals surface area contributed by atoms with Gasteiger partial charge in [-0.3, -0.25) is 4.79 Å². The summed E-state index contributed by atoms with van der Waals surface area (Å²) in [5.74, 6) is 0.133. The van der Waals surface area contributed by atoms with Gasteiger partial charge in [0.25, 0.3) is 5.91 Å². The maximum Gasteiger partial charge on any atom is 0.261 e. The Morgan fingerprint density at radius 3 is 1.96 bits per heavy atom. The highest BCUT2D eigenvalue weighted by Gasteiger charge is 2.39. The van der Waals surface area contributed by atoms with Crippen LogP contribution < -0.4 is 5.32 Å². The number of carbonyl (C=O) groups is 1. The Morgan fingerprint density at radius 1 is 0.913 bits per heavy atom. The molecule has 0 saturated carbocycles. The Hall–Kier alpha value is -2.85. The number of furan rings is 1. The molecule has 1 amide bonds. The van der Waals surface area contributed by atoms with Crippen molar-refractivity contribution >= 4 is 5.91 Å². The average Bonchev–Trinajstić information content (AvgIpc) is 3.14. The van der Waals surface area contributed by atoms with Crippen molar-refractivity contribution in [2.45, 2.75) is 12.1 Å². The van der Waals surface area contributed by atoms with Crippen molar-refractivity contribution in [3.05, 3.63) is 95.9 Å². The third-order valence-electron chi connectivity index (χ3n) is 3.72. The molecule has 0 aliphatic carbocycles. The summed E-state index contributed by atoms with van der Waals surface area (Å²) < 4.78 is 5.21. The van der Waals surface area contributed by atoms with E-state index >= 15 is 0 Å². The first-order valence-corrected chi connectivity index (χ1v) is 7.35. The van der Waals surface area contributed by atoms with Gasteiger partial charge in [0.1, 0.15) is 5.76 Å². The molecule has 0 aliphatic rings. The topological polar surface area (TPSA) is 62.5 Å². The molecule has 3 rings (SSSR count). The minimum Gasteiger partial charge on any atom is -0.467 e. The first kappa shape index (κ1) is 15.1. The maximum atomic E-state index is 12.8. The van der Waals surface area contributed by atoms with Crippen LogP contribution in [0.2, 0.25) is 0 Å². The summed E-state index contributed by atoms with van der Waals surface area (Å²) in [6.45, 7) is 0.216. The van der Waals surface area contributed by atoms with Gasteiger partial charge in [-0.05, 0) is 23.3 Å². The monoisotopic (exact) mass is 307 g/mol. The number of benzene rings is 2. The highest BCUT2D eigenvalue weighted by molar-refractivity contribution is 5.90. The van der Waals surface area contributed by atoms with E-state index < -0.39 is 11.5 Å². The number of aliphatic hydroxyl groups is 1. The molecular formula is C19H17NO3. The lowest BCUT2D eigenvalue weighted by molar-refractivity contribution is -0.137. The van der Waals surface area contributed by atoms with Gasteiger partial charge in [-0.15, -0.1) is 0 Å². The molecule has 0 saturated heterocycles. The normalized spacial score (nSPS) is 11.2. The number of hydrogen-bond acceptors (Lipinski definition) is 3. The molecule has 4 nitrogen and oxygen atoms in total. The van der Waals surface area contributed by atoms with Crippen LogP contribution in [-0.2, 0) is 16.9 Å². The molecule has 0 bridgehead atoms. The van der Waals surface area contributed by atoms with Crippen LogP contribution in [0.4, 0.5) is 0 Å². The summed E-state index contributed by atoms with van der Waals surface area (Å²) in [6, 6.07) is 21.3. The zero-order valence-electron chi connectivity index (χ0n) is 12.5. The van der Waals surface area contributed by atoms with Gasteiger partial charge >= 0.3 is 0 Å². The number of rotatable bonds is 5. The summed E-state index contributed by atoms with van der Waals surface area (Å²) >= 11 is 0. The zero-order valence-corrected chi connectivity index (χ0v) is 12.5. The van der Waals surface area contributed by atoms with Crippen molar-refractivity contribution in [2.75, 3.05) is 0 Å². The van der Waals surface area contributed by atoms with Crippen molar-refractivity contribution in [1.29, 1.82) is 0 Å². The molecule has 0 unspecified atom stereocenters. The molecular weight excluding hydrogens is 290 g/mol. The van der Waals surface area contributed by atoms with Crippen LogP contribution in [0.3, 0.4) is 0 Å². The molecule has 1 aromatic heterocycles. The molecule has 4 heteroatoms. The lowest BCUT2D eigenvalue weighted by Crippen LogP contribution is -2.45. The Kier molecular flexibility index (Phi) is 4.26. The molecule has 0 radical (unpaired) electrons. The van der Waals surface area contributed by atoms with E-state index in [1.54, 1.807) is 66.9 Å². The second kappa shape index (κ2) is 6.50. The standard InChI is InChI=1S/C19H17NO3/c21-18(20-14-17-12-7-13-23-17)19(22,15-8-3-1-4-9-15)16-10-5-2-6-11-16/h1-13,22H,14H2,(H,20,21). The number of hydrogen-bond donors (Lipinski definition) is 2. The molecule has 0 aliphatic heterocycles. The maximum absolute atomic E-state index is 12.8. The second-order valence-corrected chi connectivity index (χ2v) is 5.20. The molecule has 2 N–H and O–H groups in total. The summed E-state index contributed by atoms with van der Waals surface area (Å²) in [4.78, 5) is 12.8. The van der Waals surface area contributed by atoms with Gasteiger partial charge < -0.3 is 14.8 Å². The van der Waals surface area contributed by atoms with Crippen LogP contribution in [-0.4, -0.2) is 11.0 Å². The molecule has 23 heavy (non-hydrogen) atoms. The summed E-state index contributed by atoms with van der Waals surface area (Å²) in [7, 11) is 0. The van der Waals surface area contributed by atoms with Crippen LogP contribution >= 0.6 is 0 Å². The van der Waals surface area contributed by atoms with E-state index in [1.807, 2.05) is 12.1 Å². The van der Waals surface area contributed by atoms with E-state index in [9.17, 15) is 9.90 Å². The second-order valence-electron chi connectivity index (χ2n) is 5.20. The Balaban J connectivity index is 1.93.